The normalized spacial score (nSPS) is 11.8. The molecule has 22 heavy (non-hydrogen) atoms. The number of nitrogens with zero attached hydrogens (tertiary/aromatic N) is 2. The molecule has 2 aromatic heterocycles. The number of aromatic nitrogens is 2. The second-order valence-corrected chi connectivity index (χ2v) is 5.36. The van der Waals surface area contributed by atoms with Crippen molar-refractivity contribution in [1.29, 1.82) is 0 Å². The summed E-state index contributed by atoms with van der Waals surface area (Å²) in [6, 6.07) is 1.57. The Morgan fingerprint density at radius 2 is 2.14 bits per heavy atom. The molecule has 118 valence electrons. The lowest BCUT2D eigenvalue weighted by Crippen LogP contribution is -2.30. The van der Waals surface area contributed by atoms with Crippen molar-refractivity contribution in [1.82, 2.24) is 9.53 Å². The van der Waals surface area contributed by atoms with Gasteiger partial charge in [0.25, 0.3) is 5.91 Å². The zero-order valence-corrected chi connectivity index (χ0v) is 13.4. The maximum atomic E-state index is 12.2. The molecule has 1 amide bonds. The minimum Gasteiger partial charge on any atom is -0.449 e. The van der Waals surface area contributed by atoms with Gasteiger partial charge < -0.3 is 14.6 Å². The fourth-order valence-corrected chi connectivity index (χ4v) is 2.43. The van der Waals surface area contributed by atoms with Crippen LogP contribution in [0, 0.1) is 13.8 Å². The maximum Gasteiger partial charge on any atom is 0.343 e. The lowest BCUT2D eigenvalue weighted by molar-refractivity contribution is -0.123. The van der Waals surface area contributed by atoms with E-state index in [1.807, 2.05) is 0 Å². The lowest BCUT2D eigenvalue weighted by Gasteiger charge is -2.12. The van der Waals surface area contributed by atoms with Gasteiger partial charge in [-0.3, -0.25) is 10.1 Å². The van der Waals surface area contributed by atoms with Crippen LogP contribution in [0.25, 0.3) is 0 Å². The van der Waals surface area contributed by atoms with E-state index in [2.05, 4.69) is 20.2 Å². The molecule has 2 aromatic rings. The van der Waals surface area contributed by atoms with Gasteiger partial charge in [-0.2, -0.15) is 4.37 Å². The number of anilines is 2. The van der Waals surface area contributed by atoms with Crippen molar-refractivity contribution >= 4 is 34.3 Å². The molecule has 0 spiro atoms. The fourth-order valence-electron chi connectivity index (χ4n) is 1.70. The summed E-state index contributed by atoms with van der Waals surface area (Å²) in [5, 5.41) is 9.61. The van der Waals surface area contributed by atoms with Crippen LogP contribution in [-0.4, -0.2) is 34.6 Å². The van der Waals surface area contributed by atoms with Crippen molar-refractivity contribution in [3.05, 3.63) is 23.0 Å². The number of nitrogens with one attached hydrogen (secondary N) is 2. The first-order chi connectivity index (χ1) is 10.4. The minimum atomic E-state index is -0.984. The van der Waals surface area contributed by atoms with Crippen LogP contribution in [0.15, 0.2) is 10.6 Å². The fraction of sp³-hybridized carbons (Fsp3) is 0.385. The molecule has 0 fully saturated rings. The molecule has 0 radical (unpaired) electrons. The molecule has 0 saturated heterocycles. The summed E-state index contributed by atoms with van der Waals surface area (Å²) in [5.41, 5.74) is 1.53. The second-order valence-electron chi connectivity index (χ2n) is 4.59. The number of carbonyl (C=O) groups excluding carboxylic acids is 2. The van der Waals surface area contributed by atoms with Crippen molar-refractivity contribution < 1.29 is 18.8 Å². The van der Waals surface area contributed by atoms with Crippen LogP contribution < -0.4 is 10.6 Å². The van der Waals surface area contributed by atoms with E-state index in [0.29, 0.717) is 22.0 Å². The van der Waals surface area contributed by atoms with Crippen molar-refractivity contribution in [3.8, 4) is 0 Å². The van der Waals surface area contributed by atoms with Crippen LogP contribution in [0.3, 0.4) is 0 Å². The van der Waals surface area contributed by atoms with Gasteiger partial charge in [-0.05, 0) is 32.3 Å². The first-order valence-electron chi connectivity index (χ1n) is 6.51. The van der Waals surface area contributed by atoms with Crippen molar-refractivity contribution in [2.24, 2.45) is 0 Å². The number of amides is 1. The van der Waals surface area contributed by atoms with Crippen LogP contribution >= 0.6 is 11.5 Å². The highest BCUT2D eigenvalue weighted by molar-refractivity contribution is 7.10. The Hall–Kier alpha value is -2.42. The monoisotopic (exact) mass is 324 g/mol. The van der Waals surface area contributed by atoms with Gasteiger partial charge in [0, 0.05) is 13.1 Å². The molecule has 0 aliphatic carbocycles. The SMILES string of the molecule is CNc1snc(C)c1C(=O)OC(C)C(=O)Nc1cc(C)no1. The summed E-state index contributed by atoms with van der Waals surface area (Å²) in [5.74, 6) is -0.905. The Bertz CT molecular complexity index is 694. The number of aryl methyl sites for hydroxylation is 2. The van der Waals surface area contributed by atoms with Gasteiger partial charge in [0.05, 0.1) is 11.4 Å². The van der Waals surface area contributed by atoms with Gasteiger partial charge in [0.2, 0.25) is 5.88 Å². The number of esters is 1. The summed E-state index contributed by atoms with van der Waals surface area (Å²) in [6.45, 7) is 4.91. The Balaban J connectivity index is 2.01. The third-order valence-electron chi connectivity index (χ3n) is 2.82. The van der Waals surface area contributed by atoms with Crippen LogP contribution in [0.1, 0.15) is 28.7 Å². The molecule has 9 heteroatoms. The summed E-state index contributed by atoms with van der Waals surface area (Å²) in [6.07, 6.45) is -0.984. The molecule has 0 aromatic carbocycles. The van der Waals surface area contributed by atoms with Crippen LogP contribution in [0.5, 0.6) is 0 Å². The van der Waals surface area contributed by atoms with Crippen molar-refractivity contribution in [2.75, 3.05) is 17.7 Å². The number of hydrogen-bond acceptors (Lipinski definition) is 8. The van der Waals surface area contributed by atoms with E-state index in [-0.39, 0.29) is 5.88 Å². The highest BCUT2D eigenvalue weighted by Gasteiger charge is 2.24. The van der Waals surface area contributed by atoms with E-state index in [9.17, 15) is 9.59 Å². The van der Waals surface area contributed by atoms with Gasteiger partial charge in [-0.15, -0.1) is 0 Å². The quantitative estimate of drug-likeness (QED) is 0.810. The van der Waals surface area contributed by atoms with Gasteiger partial charge in [0.1, 0.15) is 10.6 Å². The minimum absolute atomic E-state index is 0.203. The molecule has 0 aliphatic rings. The highest BCUT2D eigenvalue weighted by Crippen LogP contribution is 2.25. The molecule has 0 aliphatic heterocycles. The molecule has 0 saturated carbocycles. The Morgan fingerprint density at radius 1 is 1.41 bits per heavy atom. The maximum absolute atomic E-state index is 12.2. The van der Waals surface area contributed by atoms with Crippen LogP contribution in [-0.2, 0) is 9.53 Å². The molecular weight excluding hydrogens is 308 g/mol. The van der Waals surface area contributed by atoms with E-state index >= 15 is 0 Å². The average molecular weight is 324 g/mol. The van der Waals surface area contributed by atoms with Gasteiger partial charge in [-0.25, -0.2) is 4.79 Å². The highest BCUT2D eigenvalue weighted by atomic mass is 32.1. The van der Waals surface area contributed by atoms with Crippen molar-refractivity contribution in [2.45, 2.75) is 26.9 Å². The molecule has 2 rings (SSSR count). The largest absolute Gasteiger partial charge is 0.449 e. The molecule has 1 unspecified atom stereocenters. The summed E-state index contributed by atoms with van der Waals surface area (Å²) in [4.78, 5) is 24.1. The Kier molecular flexibility index (Phi) is 4.76. The second kappa shape index (κ2) is 6.56. The van der Waals surface area contributed by atoms with E-state index in [1.165, 1.54) is 6.92 Å². The first kappa shape index (κ1) is 16.0. The Morgan fingerprint density at radius 3 is 2.73 bits per heavy atom. The summed E-state index contributed by atoms with van der Waals surface area (Å²) < 4.78 is 14.1. The van der Waals surface area contributed by atoms with E-state index in [4.69, 9.17) is 9.26 Å². The number of hydrogen-bond donors (Lipinski definition) is 2. The summed E-state index contributed by atoms with van der Waals surface area (Å²) in [7, 11) is 1.69. The van der Waals surface area contributed by atoms with E-state index in [0.717, 1.165) is 11.5 Å². The van der Waals surface area contributed by atoms with Gasteiger partial charge >= 0.3 is 5.97 Å². The first-order valence-corrected chi connectivity index (χ1v) is 7.29. The van der Waals surface area contributed by atoms with Gasteiger partial charge in [-0.1, -0.05) is 5.16 Å². The standard InChI is InChI=1S/C13H16N4O4S/c1-6-5-9(21-16-6)15-11(18)8(3)20-13(19)10-7(2)17-22-12(10)14-4/h5,8,14H,1-4H3,(H,15,18). The smallest absolute Gasteiger partial charge is 0.343 e. The zero-order chi connectivity index (χ0) is 16.3. The Labute approximate surface area is 131 Å². The third-order valence-corrected chi connectivity index (χ3v) is 3.78. The number of carbonyl (C=O) groups is 2. The van der Waals surface area contributed by atoms with Crippen LogP contribution in [0.4, 0.5) is 10.9 Å². The topological polar surface area (TPSA) is 106 Å². The van der Waals surface area contributed by atoms with Crippen molar-refractivity contribution in [3.63, 3.8) is 0 Å². The average Bonchev–Trinajstić information content (AvgIpc) is 3.04. The lowest BCUT2D eigenvalue weighted by atomic mass is 10.2. The van der Waals surface area contributed by atoms with Crippen LogP contribution in [0.2, 0.25) is 0 Å². The molecule has 2 heterocycles. The number of rotatable bonds is 5. The summed E-state index contributed by atoms with van der Waals surface area (Å²) >= 11 is 1.16. The predicted molar refractivity (Wildman–Crippen MR) is 81.1 cm³/mol. The molecule has 1 atom stereocenters. The third kappa shape index (κ3) is 3.42. The molecule has 2 N–H and O–H groups in total. The van der Waals surface area contributed by atoms with Gasteiger partial charge in [0.15, 0.2) is 6.10 Å². The predicted octanol–water partition coefficient (Wildman–Crippen LogP) is 1.97. The molecule has 0 bridgehead atoms. The molecular formula is C13H16N4O4S. The van der Waals surface area contributed by atoms with E-state index in [1.54, 1.807) is 27.0 Å². The number of ether oxygens (including phenoxy) is 1. The zero-order valence-electron chi connectivity index (χ0n) is 12.6. The van der Waals surface area contributed by atoms with E-state index < -0.39 is 18.0 Å². The molecule has 8 nitrogen and oxygen atoms in total.